The first-order valence-electron chi connectivity index (χ1n) is 42.7. The number of hydrogen-bond acceptors (Lipinski definition) is 9. The summed E-state index contributed by atoms with van der Waals surface area (Å²) in [5.74, 6) is 4.77. The molecule has 3 aromatic heterocycles. The summed E-state index contributed by atoms with van der Waals surface area (Å²) >= 11 is 0. The summed E-state index contributed by atoms with van der Waals surface area (Å²) in [5, 5.41) is 0. The van der Waals surface area contributed by atoms with Crippen LogP contribution in [0.4, 0.5) is 0 Å². The Morgan fingerprint density at radius 1 is 0.194 bits per heavy atom. The molecular formula is C115H105N9. The SMILES string of the molecule is CC(C)(C)C1=CC(c2ccccc2)=NC(c2ccccc2)C1.CC(C)(C)c1cccc(-c2cc(-c3ccccc3)nc(-c3ccccc3)n2)c1.CC(C)(C)c1cccc(-c2nc(-c3ccc(-c4ccccc4)cc3)nc(-c3ccc(-c4ccccc4)cc3)n2)c1.CC(C)(C)c1cccc(-c2nc(-c3ccccc3)nc(-c3ccc(-c4ccccc4)cc3)n2)c1. The van der Waals surface area contributed by atoms with E-state index in [0.717, 1.165) is 90.5 Å². The van der Waals surface area contributed by atoms with Crippen LogP contribution in [-0.2, 0) is 16.2 Å². The fourth-order valence-corrected chi connectivity index (χ4v) is 14.7. The molecule has 9 heteroatoms. The number of dihydropyridines is 1. The second-order valence-corrected chi connectivity index (χ2v) is 35.4. The molecule has 18 rings (SSSR count). The second kappa shape index (κ2) is 38.1. The lowest BCUT2D eigenvalue weighted by molar-refractivity contribution is 0.464. The summed E-state index contributed by atoms with van der Waals surface area (Å²) in [7, 11) is 0. The van der Waals surface area contributed by atoms with Gasteiger partial charge in [0.15, 0.2) is 40.8 Å². The minimum atomic E-state index is 0.0231. The van der Waals surface area contributed by atoms with E-state index in [2.05, 4.69) is 399 Å². The maximum absolute atomic E-state index is 5.03. The Hall–Kier alpha value is -14.4. The molecule has 0 bridgehead atoms. The second-order valence-electron chi connectivity index (χ2n) is 35.4. The highest BCUT2D eigenvalue weighted by Gasteiger charge is 2.27. The Balaban J connectivity index is 0.000000131. The smallest absolute Gasteiger partial charge is 0.164 e. The quantitative estimate of drug-likeness (QED) is 0.106. The van der Waals surface area contributed by atoms with Crippen LogP contribution < -0.4 is 0 Å². The van der Waals surface area contributed by atoms with Crippen molar-refractivity contribution in [3.8, 4) is 136 Å². The molecule has 1 aliphatic rings. The first kappa shape index (κ1) is 84.6. The average Bonchev–Trinajstić information content (AvgIpc) is 0.776. The molecule has 0 amide bonds. The van der Waals surface area contributed by atoms with Crippen molar-refractivity contribution < 1.29 is 0 Å². The van der Waals surface area contributed by atoms with Crippen LogP contribution in [0.25, 0.3) is 136 Å². The number of aliphatic imine (C=N–C) groups is 1. The molecule has 0 N–H and O–H groups in total. The molecule has 0 radical (unpaired) electrons. The molecule has 1 unspecified atom stereocenters. The molecule has 14 aromatic carbocycles. The van der Waals surface area contributed by atoms with Gasteiger partial charge in [-0.2, -0.15) is 0 Å². The fraction of sp³-hybridized carbons (Fsp3) is 0.157. The molecule has 124 heavy (non-hydrogen) atoms. The molecule has 0 saturated carbocycles. The van der Waals surface area contributed by atoms with E-state index in [9.17, 15) is 0 Å². The minimum Gasteiger partial charge on any atom is -0.276 e. The zero-order valence-corrected chi connectivity index (χ0v) is 72.9. The molecule has 1 aliphatic heterocycles. The Kier molecular flexibility index (Phi) is 26.0. The highest BCUT2D eigenvalue weighted by atomic mass is 15.0. The molecule has 0 fully saturated rings. The summed E-state index contributed by atoms with van der Waals surface area (Å²) in [4.78, 5) is 44.3. The van der Waals surface area contributed by atoms with Crippen molar-refractivity contribution in [1.82, 2.24) is 39.9 Å². The number of hydrogen-bond donors (Lipinski definition) is 0. The maximum atomic E-state index is 5.03. The molecule has 4 heterocycles. The molecular weight excluding hydrogens is 1510 g/mol. The van der Waals surface area contributed by atoms with E-state index in [0.29, 0.717) is 34.9 Å². The molecule has 610 valence electrons. The first-order chi connectivity index (χ1) is 59.9. The summed E-state index contributed by atoms with van der Waals surface area (Å²) in [5.41, 5.74) is 27.2. The Morgan fingerprint density at radius 2 is 0.427 bits per heavy atom. The van der Waals surface area contributed by atoms with Crippen molar-refractivity contribution >= 4 is 5.71 Å². The number of nitrogens with zero attached hydrogens (tertiary/aromatic N) is 9. The third-order valence-corrected chi connectivity index (χ3v) is 22.1. The third-order valence-electron chi connectivity index (χ3n) is 22.1. The zero-order valence-electron chi connectivity index (χ0n) is 72.9. The predicted molar refractivity (Wildman–Crippen MR) is 517 cm³/mol. The Bertz CT molecular complexity index is 6300. The van der Waals surface area contributed by atoms with E-state index in [1.807, 2.05) is 84.9 Å². The van der Waals surface area contributed by atoms with Gasteiger partial charge in [0.05, 0.1) is 23.1 Å². The number of rotatable bonds is 14. The number of benzene rings is 14. The van der Waals surface area contributed by atoms with Crippen LogP contribution in [0.1, 0.15) is 123 Å². The van der Waals surface area contributed by atoms with E-state index < -0.39 is 0 Å². The van der Waals surface area contributed by atoms with Gasteiger partial charge in [0, 0.05) is 50.1 Å². The average molecular weight is 1610 g/mol. The van der Waals surface area contributed by atoms with Crippen molar-refractivity contribution in [3.63, 3.8) is 0 Å². The third kappa shape index (κ3) is 21.7. The van der Waals surface area contributed by atoms with Gasteiger partial charge in [0.25, 0.3) is 0 Å². The van der Waals surface area contributed by atoms with Crippen molar-refractivity contribution in [2.45, 2.75) is 112 Å². The molecule has 17 aromatic rings. The van der Waals surface area contributed by atoms with Crippen molar-refractivity contribution in [2.24, 2.45) is 10.4 Å². The molecule has 9 nitrogen and oxygen atoms in total. The normalized spacial score (nSPS) is 12.7. The van der Waals surface area contributed by atoms with E-state index >= 15 is 0 Å². The topological polar surface area (TPSA) is 115 Å². The molecule has 0 aliphatic carbocycles. The largest absolute Gasteiger partial charge is 0.276 e. The number of aromatic nitrogens is 8. The highest BCUT2D eigenvalue weighted by molar-refractivity contribution is 6.09. The highest BCUT2D eigenvalue weighted by Crippen LogP contribution is 2.40. The van der Waals surface area contributed by atoms with E-state index in [4.69, 9.17) is 44.9 Å². The van der Waals surface area contributed by atoms with E-state index in [1.165, 1.54) is 55.6 Å². The first-order valence-corrected chi connectivity index (χ1v) is 42.7. The summed E-state index contributed by atoms with van der Waals surface area (Å²) in [6.07, 6.45) is 3.29. The van der Waals surface area contributed by atoms with E-state index in [-0.39, 0.29) is 27.7 Å². The van der Waals surface area contributed by atoms with E-state index in [1.54, 1.807) is 0 Å². The van der Waals surface area contributed by atoms with Crippen LogP contribution >= 0.6 is 0 Å². The molecule has 1 atom stereocenters. The monoisotopic (exact) mass is 1610 g/mol. The lowest BCUT2D eigenvalue weighted by atomic mass is 9.79. The summed E-state index contributed by atoms with van der Waals surface area (Å²) < 4.78 is 0. The van der Waals surface area contributed by atoms with Crippen LogP contribution in [0.3, 0.4) is 0 Å². The summed E-state index contributed by atoms with van der Waals surface area (Å²) in [6, 6.07) is 136. The van der Waals surface area contributed by atoms with Crippen LogP contribution in [0.2, 0.25) is 0 Å². The van der Waals surface area contributed by atoms with Gasteiger partial charge >= 0.3 is 0 Å². The van der Waals surface area contributed by atoms with Gasteiger partial charge < -0.3 is 0 Å². The van der Waals surface area contributed by atoms with Gasteiger partial charge in [-0.3, -0.25) is 4.99 Å². The van der Waals surface area contributed by atoms with Crippen LogP contribution in [0.5, 0.6) is 0 Å². The van der Waals surface area contributed by atoms with Gasteiger partial charge in [-0.25, -0.2) is 39.9 Å². The van der Waals surface area contributed by atoms with Crippen LogP contribution in [-0.4, -0.2) is 45.6 Å². The summed E-state index contributed by atoms with van der Waals surface area (Å²) in [6.45, 7) is 26.9. The number of allylic oxidation sites excluding steroid dienone is 1. The maximum Gasteiger partial charge on any atom is 0.164 e. The van der Waals surface area contributed by atoms with Crippen molar-refractivity contribution in [1.29, 1.82) is 0 Å². The van der Waals surface area contributed by atoms with Gasteiger partial charge in [-0.05, 0) is 120 Å². The lowest BCUT2D eigenvalue weighted by Gasteiger charge is -2.30. The lowest BCUT2D eigenvalue weighted by Crippen LogP contribution is -2.18. The molecule has 0 spiro atoms. The van der Waals surface area contributed by atoms with Crippen LogP contribution in [0.15, 0.2) is 411 Å². The van der Waals surface area contributed by atoms with Crippen molar-refractivity contribution in [2.75, 3.05) is 0 Å². The predicted octanol–water partition coefficient (Wildman–Crippen LogP) is 29.7. The molecule has 0 saturated heterocycles. The van der Waals surface area contributed by atoms with Gasteiger partial charge in [0.2, 0.25) is 0 Å². The standard InChI is InChI=1S/C37H31N3.C31H27N3.C26H24N2.C21H23N/c1-37(2,3)33-16-10-15-32(25-33)36-39-34(30-21-17-28(18-22-30)26-11-6-4-7-12-26)38-35(40-36)31-23-19-29(20-24-31)27-13-8-5-9-14-27;1-31(2,3)27-16-10-15-26(21-27)30-33-28(24-13-8-5-9-14-24)32-29(34-30)25-19-17-23(18-20-25)22-11-6-4-7-12-22;1-26(2,3)22-16-10-15-21(17-22)24-18-23(19-11-6-4-7-12-19)27-25(28-24)20-13-8-5-9-14-20;1-21(2,3)18-14-19(16-10-6-4-7-11-16)22-20(15-18)17-12-8-5-9-13-17/h4-25H,1-3H3;4-21H,1-3H3;4-18H,1-3H3;4-14,20H,15H2,1-3H3. The zero-order chi connectivity index (χ0) is 86.2. The van der Waals surface area contributed by atoms with Crippen LogP contribution in [0, 0.1) is 5.41 Å². The Labute approximate surface area is 732 Å². The van der Waals surface area contributed by atoms with Gasteiger partial charge in [0.1, 0.15) is 0 Å². The van der Waals surface area contributed by atoms with Gasteiger partial charge in [-0.15, -0.1) is 0 Å². The Morgan fingerprint density at radius 3 is 0.750 bits per heavy atom. The van der Waals surface area contributed by atoms with Crippen molar-refractivity contribution in [3.05, 3.63) is 434 Å². The van der Waals surface area contributed by atoms with Gasteiger partial charge in [-0.1, -0.05) is 459 Å². The fourth-order valence-electron chi connectivity index (χ4n) is 14.7. The minimum absolute atomic E-state index is 0.0231.